The maximum absolute atomic E-state index is 11.6. The molecule has 0 radical (unpaired) electrons. The number of carbonyl (C=O) groups is 1. The normalized spacial score (nSPS) is 14.5. The summed E-state index contributed by atoms with van der Waals surface area (Å²) in [6.45, 7) is -1.49. The van der Waals surface area contributed by atoms with E-state index in [-0.39, 0.29) is 0 Å². The van der Waals surface area contributed by atoms with Crippen molar-refractivity contribution < 1.29 is 33.2 Å². The van der Waals surface area contributed by atoms with Crippen LogP contribution in [0.1, 0.15) is 0 Å². The molecule has 0 fully saturated rings. The Hall–Kier alpha value is -0.490. The lowest BCUT2D eigenvalue weighted by atomic mass is 10.4. The Kier molecular flexibility index (Phi) is 3.61. The number of halogens is 1. The minimum atomic E-state index is -4.91. The highest BCUT2D eigenvalue weighted by Crippen LogP contribution is 2.37. The number of alkyl halides is 1. The van der Waals surface area contributed by atoms with Gasteiger partial charge in [0.05, 0.1) is 0 Å². The van der Waals surface area contributed by atoms with E-state index >= 15 is 0 Å². The van der Waals surface area contributed by atoms with E-state index in [1.807, 2.05) is 0 Å². The lowest BCUT2D eigenvalue weighted by molar-refractivity contribution is -0.146. The summed E-state index contributed by atoms with van der Waals surface area (Å²) in [4.78, 5) is 26.0. The second-order valence-electron chi connectivity index (χ2n) is 1.58. The van der Waals surface area contributed by atoms with E-state index in [0.717, 1.165) is 0 Å². The summed E-state index contributed by atoms with van der Waals surface area (Å²) in [5.41, 5.74) is 0. The Balaban J connectivity index is 4.10. The molecule has 3 N–H and O–H groups in total. The first kappa shape index (κ1) is 10.5. The molecule has 0 spiro atoms. The van der Waals surface area contributed by atoms with Crippen molar-refractivity contribution in [2.45, 2.75) is 6.10 Å². The molecule has 0 heterocycles. The van der Waals surface area contributed by atoms with Crippen LogP contribution in [0.3, 0.4) is 0 Å². The fourth-order valence-electron chi connectivity index (χ4n) is 0.305. The second-order valence-corrected chi connectivity index (χ2v) is 2.77. The third kappa shape index (κ3) is 4.86. The highest BCUT2D eigenvalue weighted by Gasteiger charge is 2.27. The Morgan fingerprint density at radius 1 is 1.64 bits per heavy atom. The zero-order valence-corrected chi connectivity index (χ0v) is 6.07. The van der Waals surface area contributed by atoms with Crippen LogP contribution in [-0.4, -0.2) is 33.6 Å². The number of aliphatic carboxylic acids is 1. The maximum Gasteiger partial charge on any atom is 0.470 e. The van der Waals surface area contributed by atoms with Gasteiger partial charge in [-0.05, 0) is 0 Å². The van der Waals surface area contributed by atoms with Crippen LogP contribution in [0.4, 0.5) is 4.39 Å². The molecule has 0 bridgehead atoms. The molecule has 0 aliphatic carbocycles. The summed E-state index contributed by atoms with van der Waals surface area (Å²) in [7, 11) is -4.91. The lowest BCUT2D eigenvalue weighted by Crippen LogP contribution is -2.24. The van der Waals surface area contributed by atoms with Gasteiger partial charge in [-0.15, -0.1) is 0 Å². The number of rotatable bonds is 4. The first-order chi connectivity index (χ1) is 4.87. The third-order valence-corrected chi connectivity index (χ3v) is 1.21. The number of carboxylic acids is 1. The van der Waals surface area contributed by atoms with Gasteiger partial charge in [0.1, 0.15) is 6.67 Å². The Morgan fingerprint density at radius 3 is 2.18 bits per heavy atom. The van der Waals surface area contributed by atoms with E-state index in [4.69, 9.17) is 14.9 Å². The van der Waals surface area contributed by atoms with E-state index in [9.17, 15) is 13.8 Å². The zero-order chi connectivity index (χ0) is 9.07. The molecule has 0 rings (SSSR count). The van der Waals surface area contributed by atoms with Gasteiger partial charge >= 0.3 is 13.8 Å². The number of hydrogen-bond donors (Lipinski definition) is 3. The van der Waals surface area contributed by atoms with Gasteiger partial charge in [0.2, 0.25) is 0 Å². The molecule has 66 valence electrons. The van der Waals surface area contributed by atoms with Crippen LogP contribution in [0.2, 0.25) is 0 Å². The summed E-state index contributed by atoms with van der Waals surface area (Å²) in [5.74, 6) is -1.75. The van der Waals surface area contributed by atoms with Crippen molar-refractivity contribution in [1.82, 2.24) is 0 Å². The molecular weight excluding hydrogens is 182 g/mol. The minimum Gasteiger partial charge on any atom is -0.479 e. The van der Waals surface area contributed by atoms with Crippen molar-refractivity contribution >= 4 is 13.8 Å². The molecular formula is C3H6FO6P. The van der Waals surface area contributed by atoms with Gasteiger partial charge in [-0.25, -0.2) is 13.8 Å². The molecule has 0 aliphatic heterocycles. The molecule has 0 unspecified atom stereocenters. The van der Waals surface area contributed by atoms with Crippen LogP contribution in [0.15, 0.2) is 0 Å². The summed E-state index contributed by atoms with van der Waals surface area (Å²) in [5, 5.41) is 8.03. The van der Waals surface area contributed by atoms with Crippen molar-refractivity contribution in [1.29, 1.82) is 0 Å². The highest BCUT2D eigenvalue weighted by molar-refractivity contribution is 7.46. The monoisotopic (exact) mass is 188 g/mol. The van der Waals surface area contributed by atoms with Crippen LogP contribution in [0.25, 0.3) is 0 Å². The SMILES string of the molecule is O=C(O)[C@@H](CF)OP(=O)(O)O. The third-order valence-electron chi connectivity index (χ3n) is 0.680. The highest BCUT2D eigenvalue weighted by atomic mass is 31.2. The topological polar surface area (TPSA) is 104 Å². The minimum absolute atomic E-state index is 1.49. The molecule has 0 aliphatic rings. The molecule has 6 nitrogen and oxygen atoms in total. The van der Waals surface area contributed by atoms with Crippen LogP contribution in [-0.2, 0) is 13.9 Å². The quantitative estimate of drug-likeness (QED) is 0.514. The molecule has 8 heteroatoms. The predicted molar refractivity (Wildman–Crippen MR) is 30.5 cm³/mol. The molecule has 1 atom stereocenters. The van der Waals surface area contributed by atoms with Crippen molar-refractivity contribution in [2.24, 2.45) is 0 Å². The van der Waals surface area contributed by atoms with Gasteiger partial charge in [-0.2, -0.15) is 0 Å². The molecule has 0 aromatic heterocycles. The largest absolute Gasteiger partial charge is 0.479 e. The molecule has 0 aromatic carbocycles. The van der Waals surface area contributed by atoms with Gasteiger partial charge in [0.25, 0.3) is 0 Å². The van der Waals surface area contributed by atoms with E-state index in [2.05, 4.69) is 4.52 Å². The maximum atomic E-state index is 11.6. The summed E-state index contributed by atoms with van der Waals surface area (Å²) >= 11 is 0. The first-order valence-electron chi connectivity index (χ1n) is 2.39. The number of hydrogen-bond acceptors (Lipinski definition) is 3. The van der Waals surface area contributed by atoms with Crippen LogP contribution in [0, 0.1) is 0 Å². The van der Waals surface area contributed by atoms with Crippen LogP contribution in [0.5, 0.6) is 0 Å². The molecule has 0 aromatic rings. The van der Waals surface area contributed by atoms with Crippen molar-refractivity contribution in [3.63, 3.8) is 0 Å². The van der Waals surface area contributed by atoms with Gasteiger partial charge in [0.15, 0.2) is 6.10 Å². The predicted octanol–water partition coefficient (Wildman–Crippen LogP) is -0.482. The van der Waals surface area contributed by atoms with E-state index in [1.54, 1.807) is 0 Å². The van der Waals surface area contributed by atoms with Gasteiger partial charge in [-0.3, -0.25) is 4.52 Å². The Morgan fingerprint density at radius 2 is 2.09 bits per heavy atom. The van der Waals surface area contributed by atoms with E-state index in [1.165, 1.54) is 0 Å². The second kappa shape index (κ2) is 3.77. The summed E-state index contributed by atoms with van der Waals surface area (Å²) < 4.78 is 25.1. The Bertz CT molecular complexity index is 186. The molecule has 0 saturated heterocycles. The van der Waals surface area contributed by atoms with Gasteiger partial charge in [0, 0.05) is 0 Å². The number of phosphoric ester groups is 1. The molecule has 11 heavy (non-hydrogen) atoms. The van der Waals surface area contributed by atoms with Crippen molar-refractivity contribution in [3.05, 3.63) is 0 Å². The average Bonchev–Trinajstić information content (AvgIpc) is 1.80. The van der Waals surface area contributed by atoms with Crippen molar-refractivity contribution in [3.8, 4) is 0 Å². The number of phosphoric acid groups is 1. The molecule has 0 amide bonds. The average molecular weight is 188 g/mol. The summed E-state index contributed by atoms with van der Waals surface area (Å²) in [6.07, 6.45) is -2.10. The standard InChI is InChI=1S/C3H6FO6P/c4-1-2(3(5)6)10-11(7,8)9/h2H,1H2,(H,5,6)(H2,7,8,9)/t2-/m1/s1. The molecule has 0 saturated carbocycles. The Labute approximate surface area is 60.8 Å². The van der Waals surface area contributed by atoms with Crippen LogP contribution < -0.4 is 0 Å². The summed E-state index contributed by atoms with van der Waals surface area (Å²) in [6, 6.07) is 0. The lowest BCUT2D eigenvalue weighted by Gasteiger charge is -2.09. The number of carboxylic acid groups (broad SMARTS) is 1. The van der Waals surface area contributed by atoms with E-state index < -0.39 is 26.6 Å². The van der Waals surface area contributed by atoms with E-state index in [0.29, 0.717) is 0 Å². The first-order valence-corrected chi connectivity index (χ1v) is 3.92. The fourth-order valence-corrected chi connectivity index (χ4v) is 0.783. The van der Waals surface area contributed by atoms with Gasteiger partial charge < -0.3 is 14.9 Å². The zero-order valence-electron chi connectivity index (χ0n) is 5.18. The van der Waals surface area contributed by atoms with Crippen molar-refractivity contribution in [2.75, 3.05) is 6.67 Å². The smallest absolute Gasteiger partial charge is 0.470 e. The van der Waals surface area contributed by atoms with Gasteiger partial charge in [-0.1, -0.05) is 0 Å². The van der Waals surface area contributed by atoms with Crippen LogP contribution >= 0.6 is 7.82 Å². The fraction of sp³-hybridized carbons (Fsp3) is 0.667.